The average Bonchev–Trinajstić information content (AvgIpc) is 2.86. The summed E-state index contributed by atoms with van der Waals surface area (Å²) in [7, 11) is 0. The van der Waals surface area contributed by atoms with E-state index in [4.69, 9.17) is 10.00 Å². The Morgan fingerprint density at radius 2 is 2.58 bits per heavy atom. The molecular weight excluding hydrogens is 262 g/mol. The van der Waals surface area contributed by atoms with E-state index < -0.39 is 0 Å². The Morgan fingerprint density at radius 3 is 3.32 bits per heavy atom. The Morgan fingerprint density at radius 1 is 1.74 bits per heavy atom. The maximum absolute atomic E-state index is 11.9. The summed E-state index contributed by atoms with van der Waals surface area (Å²) in [5.41, 5.74) is 0.520. The maximum atomic E-state index is 11.9. The molecule has 1 aromatic rings. The zero-order valence-electron chi connectivity index (χ0n) is 10.9. The van der Waals surface area contributed by atoms with Crippen LogP contribution in [0.4, 0.5) is 5.00 Å². The number of carbonyl (C=O) groups is 1. The van der Waals surface area contributed by atoms with Gasteiger partial charge in [0.1, 0.15) is 11.1 Å². The van der Waals surface area contributed by atoms with E-state index in [1.54, 1.807) is 11.4 Å². The van der Waals surface area contributed by atoms with Gasteiger partial charge in [0.15, 0.2) is 0 Å². The molecule has 1 amide bonds. The molecule has 0 bridgehead atoms. The molecule has 0 aliphatic carbocycles. The van der Waals surface area contributed by atoms with Crippen LogP contribution in [0.25, 0.3) is 0 Å². The van der Waals surface area contributed by atoms with Crippen molar-refractivity contribution >= 4 is 22.2 Å². The van der Waals surface area contributed by atoms with E-state index in [-0.39, 0.29) is 12.0 Å². The lowest BCUT2D eigenvalue weighted by atomic mass is 10.2. The molecule has 2 heterocycles. The number of hydrogen-bond donors (Lipinski definition) is 1. The smallest absolute Gasteiger partial charge is 0.239 e. The fraction of sp³-hybridized carbons (Fsp3) is 0.538. The van der Waals surface area contributed by atoms with Crippen molar-refractivity contribution < 1.29 is 9.53 Å². The second-order valence-electron chi connectivity index (χ2n) is 4.46. The Balaban J connectivity index is 1.86. The molecule has 5 nitrogen and oxygen atoms in total. The molecule has 0 unspecified atom stereocenters. The van der Waals surface area contributed by atoms with E-state index in [1.165, 1.54) is 11.3 Å². The first kappa shape index (κ1) is 14.0. The molecule has 102 valence electrons. The Bertz CT molecular complexity index is 480. The fourth-order valence-corrected chi connectivity index (χ4v) is 2.79. The molecule has 6 heteroatoms. The van der Waals surface area contributed by atoms with Gasteiger partial charge >= 0.3 is 0 Å². The van der Waals surface area contributed by atoms with Crippen LogP contribution < -0.4 is 5.32 Å². The van der Waals surface area contributed by atoms with Crippen LogP contribution in [0.3, 0.4) is 0 Å². The van der Waals surface area contributed by atoms with E-state index in [1.807, 2.05) is 0 Å². The van der Waals surface area contributed by atoms with Crippen molar-refractivity contribution in [1.82, 2.24) is 4.90 Å². The average molecular weight is 279 g/mol. The number of ether oxygens (including phenoxy) is 1. The Labute approximate surface area is 116 Å². The minimum atomic E-state index is -0.0734. The number of carbonyl (C=O) groups excluding carboxylic acids is 1. The largest absolute Gasteiger partial charge is 0.376 e. The van der Waals surface area contributed by atoms with Crippen LogP contribution in [0.5, 0.6) is 0 Å². The van der Waals surface area contributed by atoms with Crippen molar-refractivity contribution in [3.63, 3.8) is 0 Å². The quantitative estimate of drug-likeness (QED) is 0.910. The van der Waals surface area contributed by atoms with Crippen molar-refractivity contribution in [3.05, 3.63) is 17.0 Å². The van der Waals surface area contributed by atoms with Crippen molar-refractivity contribution in [2.24, 2.45) is 0 Å². The topological polar surface area (TPSA) is 65.4 Å². The van der Waals surface area contributed by atoms with Gasteiger partial charge in [-0.15, -0.1) is 11.3 Å². The van der Waals surface area contributed by atoms with Crippen molar-refractivity contribution in [1.29, 1.82) is 5.26 Å². The lowest BCUT2D eigenvalue weighted by molar-refractivity contribution is -0.119. The van der Waals surface area contributed by atoms with Crippen molar-refractivity contribution in [3.8, 4) is 6.07 Å². The molecule has 1 fully saturated rings. The lowest BCUT2D eigenvalue weighted by Crippen LogP contribution is -2.45. The van der Waals surface area contributed by atoms with Crippen LogP contribution >= 0.6 is 11.3 Å². The molecule has 0 radical (unpaired) electrons. The van der Waals surface area contributed by atoms with Gasteiger partial charge in [-0.05, 0) is 17.9 Å². The van der Waals surface area contributed by atoms with Gasteiger partial charge in [-0.3, -0.25) is 9.69 Å². The molecule has 1 saturated heterocycles. The van der Waals surface area contributed by atoms with Crippen LogP contribution in [0.2, 0.25) is 0 Å². The predicted octanol–water partition coefficient (Wildman–Crippen LogP) is 1.67. The van der Waals surface area contributed by atoms with Gasteiger partial charge in [0, 0.05) is 13.1 Å². The van der Waals surface area contributed by atoms with Crippen LogP contribution in [0.1, 0.15) is 18.9 Å². The zero-order chi connectivity index (χ0) is 13.7. The number of amides is 1. The van der Waals surface area contributed by atoms with Gasteiger partial charge in [0.2, 0.25) is 5.91 Å². The van der Waals surface area contributed by atoms with E-state index >= 15 is 0 Å². The summed E-state index contributed by atoms with van der Waals surface area (Å²) in [4.78, 5) is 14.0. The van der Waals surface area contributed by atoms with Crippen molar-refractivity contribution in [2.75, 3.05) is 31.6 Å². The summed E-state index contributed by atoms with van der Waals surface area (Å²) in [6.45, 7) is 4.68. The van der Waals surface area contributed by atoms with Gasteiger partial charge in [0.25, 0.3) is 0 Å². The second-order valence-corrected chi connectivity index (χ2v) is 5.38. The third kappa shape index (κ3) is 3.77. The summed E-state index contributed by atoms with van der Waals surface area (Å²) in [6.07, 6.45) is 1.18. The number of rotatable bonds is 4. The number of nitriles is 1. The molecule has 2 rings (SSSR count). The normalized spacial score (nSPS) is 19.9. The van der Waals surface area contributed by atoms with Gasteiger partial charge in [-0.2, -0.15) is 5.26 Å². The summed E-state index contributed by atoms with van der Waals surface area (Å²) < 4.78 is 5.57. The van der Waals surface area contributed by atoms with Gasteiger partial charge in [0.05, 0.1) is 24.8 Å². The first-order valence-corrected chi connectivity index (χ1v) is 7.22. The van der Waals surface area contributed by atoms with Crippen molar-refractivity contribution in [2.45, 2.75) is 19.4 Å². The van der Waals surface area contributed by atoms with Crippen LogP contribution in [-0.4, -0.2) is 43.2 Å². The fourth-order valence-electron chi connectivity index (χ4n) is 2.03. The van der Waals surface area contributed by atoms with Gasteiger partial charge < -0.3 is 10.1 Å². The molecule has 1 aliphatic heterocycles. The third-order valence-electron chi connectivity index (χ3n) is 3.08. The zero-order valence-corrected chi connectivity index (χ0v) is 11.7. The molecule has 1 N–H and O–H groups in total. The van der Waals surface area contributed by atoms with Crippen LogP contribution in [-0.2, 0) is 9.53 Å². The SMILES string of the molecule is CC[C@H]1CN(CC(=O)Nc2sccc2C#N)CCO1. The van der Waals surface area contributed by atoms with E-state index in [9.17, 15) is 4.79 Å². The molecule has 19 heavy (non-hydrogen) atoms. The Hall–Kier alpha value is -1.42. The van der Waals surface area contributed by atoms with E-state index in [2.05, 4.69) is 23.2 Å². The molecule has 0 spiro atoms. The standard InChI is InChI=1S/C13H17N3O2S/c1-2-11-8-16(4-5-18-11)9-12(17)15-13-10(7-14)3-6-19-13/h3,6,11H,2,4-5,8-9H2,1H3,(H,15,17)/t11-/m0/s1. The summed E-state index contributed by atoms with van der Waals surface area (Å²) in [5, 5.41) is 14.1. The first-order valence-electron chi connectivity index (χ1n) is 6.34. The number of thiophene rings is 1. The predicted molar refractivity (Wildman–Crippen MR) is 74.1 cm³/mol. The minimum absolute atomic E-state index is 0.0734. The van der Waals surface area contributed by atoms with Crippen LogP contribution in [0, 0.1) is 11.3 Å². The third-order valence-corrected chi connectivity index (χ3v) is 3.91. The molecule has 0 aromatic carbocycles. The van der Waals surface area contributed by atoms with Gasteiger partial charge in [-0.1, -0.05) is 6.92 Å². The van der Waals surface area contributed by atoms with E-state index in [0.717, 1.165) is 19.5 Å². The molecular formula is C13H17N3O2S. The molecule has 1 aliphatic rings. The minimum Gasteiger partial charge on any atom is -0.376 e. The summed E-state index contributed by atoms with van der Waals surface area (Å²) >= 11 is 1.37. The summed E-state index contributed by atoms with van der Waals surface area (Å²) in [6, 6.07) is 3.77. The van der Waals surface area contributed by atoms with Gasteiger partial charge in [-0.25, -0.2) is 0 Å². The van der Waals surface area contributed by atoms with Crippen LogP contribution in [0.15, 0.2) is 11.4 Å². The lowest BCUT2D eigenvalue weighted by Gasteiger charge is -2.31. The monoisotopic (exact) mass is 279 g/mol. The highest BCUT2D eigenvalue weighted by molar-refractivity contribution is 7.14. The molecule has 0 saturated carbocycles. The number of hydrogen-bond acceptors (Lipinski definition) is 5. The maximum Gasteiger partial charge on any atom is 0.239 e. The molecule has 1 atom stereocenters. The highest BCUT2D eigenvalue weighted by Crippen LogP contribution is 2.22. The number of anilines is 1. The highest BCUT2D eigenvalue weighted by atomic mass is 32.1. The Kier molecular flexibility index (Phi) is 4.91. The first-order chi connectivity index (χ1) is 9.22. The number of nitrogens with one attached hydrogen (secondary N) is 1. The summed E-state index contributed by atoms with van der Waals surface area (Å²) in [5.74, 6) is -0.0734. The molecule has 1 aromatic heterocycles. The number of nitrogens with zero attached hydrogens (tertiary/aromatic N) is 2. The number of morpholine rings is 1. The second kappa shape index (κ2) is 6.66. The van der Waals surface area contributed by atoms with E-state index in [0.29, 0.717) is 23.7 Å². The highest BCUT2D eigenvalue weighted by Gasteiger charge is 2.21.